The molecule has 0 unspecified atom stereocenters. The summed E-state index contributed by atoms with van der Waals surface area (Å²) in [4.78, 5) is 23.9. The lowest BCUT2D eigenvalue weighted by molar-refractivity contribution is -0.154. The van der Waals surface area contributed by atoms with Gasteiger partial charge in [0.25, 0.3) is 5.91 Å². The smallest absolute Gasteiger partial charge is 0.311 e. The number of carbonyl (C=O) groups is 2. The molecule has 1 aliphatic rings. The summed E-state index contributed by atoms with van der Waals surface area (Å²) in [5.74, 6) is -1.42. The third-order valence-electron chi connectivity index (χ3n) is 4.34. The number of carbonyl (C=O) groups excluding carboxylic acids is 1. The lowest BCUT2D eigenvalue weighted by atomic mass is 9.80. The van der Waals surface area contributed by atoms with Crippen molar-refractivity contribution in [3.05, 3.63) is 42.5 Å². The molecule has 0 aromatic heterocycles. The fourth-order valence-electron chi connectivity index (χ4n) is 2.62. The van der Waals surface area contributed by atoms with Crippen LogP contribution in [0.3, 0.4) is 0 Å². The Morgan fingerprint density at radius 2 is 1.85 bits per heavy atom. The van der Waals surface area contributed by atoms with Crippen LogP contribution in [0.2, 0.25) is 0 Å². The van der Waals surface area contributed by atoms with Crippen molar-refractivity contribution >= 4 is 21.9 Å². The van der Waals surface area contributed by atoms with Crippen LogP contribution in [0.1, 0.15) is 23.2 Å². The van der Waals surface area contributed by atoms with E-state index in [-0.39, 0.29) is 23.5 Å². The first kappa shape index (κ1) is 20.1. The number of carboxylic acid groups (broad SMARTS) is 1. The summed E-state index contributed by atoms with van der Waals surface area (Å²) in [5.41, 5.74) is -0.786. The van der Waals surface area contributed by atoms with E-state index in [2.05, 4.69) is 16.6 Å². The number of rotatable bonds is 8. The molecule has 1 saturated heterocycles. The van der Waals surface area contributed by atoms with Crippen LogP contribution in [0.5, 0.6) is 0 Å². The molecule has 2 rings (SSSR count). The minimum absolute atomic E-state index is 0.00847. The number of nitrogens with one attached hydrogen (secondary N) is 2. The van der Waals surface area contributed by atoms with E-state index in [4.69, 9.17) is 4.74 Å². The number of benzene rings is 1. The van der Waals surface area contributed by atoms with Crippen LogP contribution in [0, 0.1) is 5.41 Å². The molecule has 1 heterocycles. The molecule has 142 valence electrons. The minimum atomic E-state index is -3.66. The van der Waals surface area contributed by atoms with Gasteiger partial charge in [-0.1, -0.05) is 6.08 Å². The van der Waals surface area contributed by atoms with Crippen LogP contribution in [0.25, 0.3) is 0 Å². The maximum absolute atomic E-state index is 12.3. The predicted octanol–water partition coefficient (Wildman–Crippen LogP) is 0.762. The van der Waals surface area contributed by atoms with Crippen LogP contribution >= 0.6 is 0 Å². The van der Waals surface area contributed by atoms with Crippen molar-refractivity contribution in [1.82, 2.24) is 10.0 Å². The molecule has 1 aromatic rings. The normalized spacial score (nSPS) is 16.6. The average Bonchev–Trinajstić information content (AvgIpc) is 2.65. The summed E-state index contributed by atoms with van der Waals surface area (Å²) >= 11 is 0. The summed E-state index contributed by atoms with van der Waals surface area (Å²) in [6.07, 6.45) is 2.08. The largest absolute Gasteiger partial charge is 0.481 e. The lowest BCUT2D eigenvalue weighted by Gasteiger charge is -2.33. The average molecular weight is 382 g/mol. The quantitative estimate of drug-likeness (QED) is 0.571. The van der Waals surface area contributed by atoms with Crippen LogP contribution in [-0.4, -0.2) is 51.7 Å². The highest BCUT2D eigenvalue weighted by molar-refractivity contribution is 7.89. The van der Waals surface area contributed by atoms with Gasteiger partial charge in [-0.25, -0.2) is 13.1 Å². The molecule has 8 nitrogen and oxygen atoms in total. The topological polar surface area (TPSA) is 122 Å². The zero-order chi connectivity index (χ0) is 19.2. The highest BCUT2D eigenvalue weighted by atomic mass is 32.2. The molecule has 1 aromatic carbocycles. The van der Waals surface area contributed by atoms with Crippen molar-refractivity contribution in [3.63, 3.8) is 0 Å². The van der Waals surface area contributed by atoms with Gasteiger partial charge in [-0.2, -0.15) is 0 Å². The fourth-order valence-corrected chi connectivity index (χ4v) is 3.62. The Morgan fingerprint density at radius 3 is 2.38 bits per heavy atom. The van der Waals surface area contributed by atoms with Gasteiger partial charge in [0.15, 0.2) is 0 Å². The van der Waals surface area contributed by atoms with Gasteiger partial charge in [0.1, 0.15) is 0 Å². The second-order valence-corrected chi connectivity index (χ2v) is 7.81. The number of hydrogen-bond donors (Lipinski definition) is 3. The van der Waals surface area contributed by atoms with Gasteiger partial charge in [-0.15, -0.1) is 6.58 Å². The molecular formula is C17H22N2O6S. The fraction of sp³-hybridized carbons (Fsp3) is 0.412. The van der Waals surface area contributed by atoms with Crippen molar-refractivity contribution in [3.8, 4) is 0 Å². The van der Waals surface area contributed by atoms with Crippen molar-refractivity contribution in [1.29, 1.82) is 0 Å². The molecule has 0 atom stereocenters. The van der Waals surface area contributed by atoms with E-state index in [0.29, 0.717) is 26.1 Å². The van der Waals surface area contributed by atoms with Gasteiger partial charge in [-0.3, -0.25) is 9.59 Å². The van der Waals surface area contributed by atoms with E-state index in [0.717, 1.165) is 0 Å². The van der Waals surface area contributed by atoms with E-state index in [1.807, 2.05) is 0 Å². The number of carboxylic acids is 1. The van der Waals surface area contributed by atoms with E-state index >= 15 is 0 Å². The zero-order valence-corrected chi connectivity index (χ0v) is 15.0. The van der Waals surface area contributed by atoms with Crippen molar-refractivity contribution in [2.45, 2.75) is 17.7 Å². The Hall–Kier alpha value is -2.23. The van der Waals surface area contributed by atoms with Crippen LogP contribution in [0.4, 0.5) is 0 Å². The Labute approximate surface area is 152 Å². The lowest BCUT2D eigenvalue weighted by Crippen LogP contribution is -2.46. The van der Waals surface area contributed by atoms with Crippen LogP contribution in [-0.2, 0) is 19.6 Å². The highest BCUT2D eigenvalue weighted by Gasteiger charge is 2.40. The van der Waals surface area contributed by atoms with Gasteiger partial charge in [0.05, 0.1) is 10.3 Å². The van der Waals surface area contributed by atoms with E-state index in [1.54, 1.807) is 0 Å². The van der Waals surface area contributed by atoms with Crippen molar-refractivity contribution in [2.75, 3.05) is 26.3 Å². The van der Waals surface area contributed by atoms with E-state index in [1.165, 1.54) is 30.3 Å². The molecular weight excluding hydrogens is 360 g/mol. The van der Waals surface area contributed by atoms with Crippen LogP contribution < -0.4 is 10.0 Å². The van der Waals surface area contributed by atoms with Gasteiger partial charge in [0, 0.05) is 31.9 Å². The van der Waals surface area contributed by atoms with Crippen molar-refractivity contribution in [2.24, 2.45) is 5.41 Å². The molecule has 0 aliphatic carbocycles. The predicted molar refractivity (Wildman–Crippen MR) is 94.3 cm³/mol. The zero-order valence-electron chi connectivity index (χ0n) is 14.2. The van der Waals surface area contributed by atoms with Gasteiger partial charge >= 0.3 is 5.97 Å². The standard InChI is InChI=1S/C17H22N2O6S/c1-2-9-19-26(23,24)14-5-3-13(4-6-14)15(20)18-12-17(16(21)22)7-10-25-11-8-17/h2-6,19H,1,7-12H2,(H,18,20)(H,21,22). The Balaban J connectivity index is 2.03. The van der Waals surface area contributed by atoms with E-state index in [9.17, 15) is 23.1 Å². The first-order chi connectivity index (χ1) is 12.3. The Morgan fingerprint density at radius 1 is 1.23 bits per heavy atom. The molecule has 0 spiro atoms. The molecule has 1 aliphatic heterocycles. The molecule has 0 saturated carbocycles. The molecule has 26 heavy (non-hydrogen) atoms. The van der Waals surface area contributed by atoms with Crippen molar-refractivity contribution < 1.29 is 27.9 Å². The number of amides is 1. The molecule has 1 fully saturated rings. The molecule has 0 bridgehead atoms. The molecule has 9 heteroatoms. The highest BCUT2D eigenvalue weighted by Crippen LogP contribution is 2.30. The van der Waals surface area contributed by atoms with Gasteiger partial charge < -0.3 is 15.2 Å². The number of ether oxygens (including phenoxy) is 1. The maximum Gasteiger partial charge on any atom is 0.311 e. The van der Waals surface area contributed by atoms with Gasteiger partial charge in [0.2, 0.25) is 10.0 Å². The third kappa shape index (κ3) is 4.69. The summed E-state index contributed by atoms with van der Waals surface area (Å²) in [7, 11) is -3.66. The molecule has 3 N–H and O–H groups in total. The maximum atomic E-state index is 12.3. The summed E-state index contributed by atoms with van der Waals surface area (Å²) < 4.78 is 31.5. The first-order valence-electron chi connectivity index (χ1n) is 8.11. The molecule has 0 radical (unpaired) electrons. The Bertz CT molecular complexity index is 767. The number of aliphatic carboxylic acids is 1. The number of hydrogen-bond acceptors (Lipinski definition) is 5. The van der Waals surface area contributed by atoms with Gasteiger partial charge in [-0.05, 0) is 37.1 Å². The number of sulfonamides is 1. The minimum Gasteiger partial charge on any atom is -0.481 e. The summed E-state index contributed by atoms with van der Waals surface area (Å²) in [6, 6.07) is 5.41. The monoisotopic (exact) mass is 382 g/mol. The van der Waals surface area contributed by atoms with E-state index < -0.39 is 27.3 Å². The SMILES string of the molecule is C=CCNS(=O)(=O)c1ccc(C(=O)NCC2(C(=O)O)CCOCC2)cc1. The summed E-state index contributed by atoms with van der Waals surface area (Å²) in [5, 5.41) is 12.1. The second-order valence-electron chi connectivity index (χ2n) is 6.05. The summed E-state index contributed by atoms with van der Waals surface area (Å²) in [6.45, 7) is 4.22. The molecule has 1 amide bonds. The third-order valence-corrected chi connectivity index (χ3v) is 5.77. The second kappa shape index (κ2) is 8.43. The van der Waals surface area contributed by atoms with Crippen LogP contribution in [0.15, 0.2) is 41.8 Å². The Kier molecular flexibility index (Phi) is 6.52. The first-order valence-corrected chi connectivity index (χ1v) is 9.59.